The highest BCUT2D eigenvalue weighted by atomic mass is 15.4. The molecule has 0 aliphatic carbocycles. The molecule has 0 radical (unpaired) electrons. The molecule has 0 unspecified atom stereocenters. The first-order chi connectivity index (χ1) is 12.4. The Balaban J connectivity index is 2.16. The van der Waals surface area contributed by atoms with E-state index in [1.807, 2.05) is 10.9 Å². The van der Waals surface area contributed by atoms with Crippen molar-refractivity contribution >= 4 is 5.96 Å². The Kier molecular flexibility index (Phi) is 6.29. The molecule has 2 aromatic rings. The molecule has 148 valence electrons. The van der Waals surface area contributed by atoms with Gasteiger partial charge in [-0.2, -0.15) is 0 Å². The Morgan fingerprint density at radius 3 is 2.11 bits per heavy atom. The average molecular weight is 371 g/mol. The maximum atomic E-state index is 5.34. The number of rotatable bonds is 6. The first kappa shape index (κ1) is 20.9. The summed E-state index contributed by atoms with van der Waals surface area (Å²) in [6.07, 6.45) is 3.67. The van der Waals surface area contributed by atoms with Crippen molar-refractivity contribution in [2.45, 2.75) is 71.8 Å². The van der Waals surface area contributed by atoms with E-state index < -0.39 is 0 Å². The van der Waals surface area contributed by atoms with Crippen LogP contribution in [0.1, 0.15) is 70.3 Å². The van der Waals surface area contributed by atoms with E-state index in [9.17, 15) is 0 Å². The number of hydrogen-bond acceptors (Lipinski definition) is 3. The van der Waals surface area contributed by atoms with Gasteiger partial charge in [-0.25, -0.2) is 4.68 Å². The van der Waals surface area contributed by atoms with E-state index in [-0.39, 0.29) is 16.8 Å². The zero-order valence-electron chi connectivity index (χ0n) is 17.6. The van der Waals surface area contributed by atoms with Crippen molar-refractivity contribution in [2.75, 3.05) is 6.54 Å². The van der Waals surface area contributed by atoms with E-state index in [2.05, 4.69) is 75.0 Å². The van der Waals surface area contributed by atoms with E-state index in [1.54, 1.807) is 0 Å². The van der Waals surface area contributed by atoms with Crippen LogP contribution in [0.15, 0.2) is 29.4 Å². The van der Waals surface area contributed by atoms with Crippen molar-refractivity contribution in [3.8, 4) is 0 Å². The van der Waals surface area contributed by atoms with Gasteiger partial charge in [0.2, 0.25) is 0 Å². The maximum absolute atomic E-state index is 5.34. The predicted molar refractivity (Wildman–Crippen MR) is 112 cm³/mol. The lowest BCUT2D eigenvalue weighted by Gasteiger charge is -2.26. The van der Waals surface area contributed by atoms with E-state index in [4.69, 9.17) is 11.5 Å². The van der Waals surface area contributed by atoms with Crippen LogP contribution in [0, 0.1) is 0 Å². The zero-order valence-corrected chi connectivity index (χ0v) is 17.6. The fourth-order valence-corrected chi connectivity index (χ4v) is 2.84. The number of nitrogens with two attached hydrogens (primary N) is 2. The van der Waals surface area contributed by atoms with Crippen LogP contribution in [-0.2, 0) is 23.8 Å². The molecular weight excluding hydrogens is 336 g/mol. The van der Waals surface area contributed by atoms with Gasteiger partial charge in [0.05, 0.1) is 12.2 Å². The molecule has 0 atom stereocenters. The van der Waals surface area contributed by atoms with Crippen molar-refractivity contribution in [1.29, 1.82) is 0 Å². The molecular formula is C21H34N6. The standard InChI is InChI=1S/C21H34N6/c1-20(2,3)16-10-15(11-17(12-16)21(4,5)6)13-27-14-18(25-26-27)8-7-9-24-19(22)23/h10-12,14H,7-9,13H2,1-6H3,(H4,22,23,24). The number of nitrogens with zero attached hydrogens (tertiary/aromatic N) is 4. The Morgan fingerprint density at radius 2 is 1.59 bits per heavy atom. The third-order valence-electron chi connectivity index (χ3n) is 4.54. The fraction of sp³-hybridized carbons (Fsp3) is 0.571. The minimum atomic E-state index is 0.106. The van der Waals surface area contributed by atoms with Crippen LogP contribution >= 0.6 is 0 Å². The lowest BCUT2D eigenvalue weighted by molar-refractivity contribution is 0.563. The molecule has 0 aliphatic heterocycles. The molecule has 0 amide bonds. The van der Waals surface area contributed by atoms with Gasteiger partial charge in [0.15, 0.2) is 5.96 Å². The van der Waals surface area contributed by atoms with Crippen LogP contribution in [0.25, 0.3) is 0 Å². The SMILES string of the molecule is CC(C)(C)c1cc(Cn2cc(CCCN=C(N)N)nn2)cc(C(C)(C)C)c1. The predicted octanol–water partition coefficient (Wildman–Crippen LogP) is 3.13. The second-order valence-corrected chi connectivity index (χ2v) is 9.24. The summed E-state index contributed by atoms with van der Waals surface area (Å²) in [6, 6.07) is 6.91. The molecule has 2 rings (SSSR count). The summed E-state index contributed by atoms with van der Waals surface area (Å²) in [4.78, 5) is 4.00. The highest BCUT2D eigenvalue weighted by Gasteiger charge is 2.20. The molecule has 0 bridgehead atoms. The smallest absolute Gasteiger partial charge is 0.185 e. The van der Waals surface area contributed by atoms with Crippen molar-refractivity contribution < 1.29 is 0 Å². The molecule has 0 saturated carbocycles. The van der Waals surface area contributed by atoms with Crippen molar-refractivity contribution in [1.82, 2.24) is 15.0 Å². The molecule has 4 N–H and O–H groups in total. The zero-order chi connectivity index (χ0) is 20.2. The highest BCUT2D eigenvalue weighted by Crippen LogP contribution is 2.30. The fourth-order valence-electron chi connectivity index (χ4n) is 2.84. The number of benzene rings is 1. The molecule has 0 aliphatic rings. The van der Waals surface area contributed by atoms with Crippen LogP contribution in [0.3, 0.4) is 0 Å². The normalized spacial score (nSPS) is 12.2. The minimum Gasteiger partial charge on any atom is -0.370 e. The molecule has 6 heteroatoms. The van der Waals surface area contributed by atoms with Gasteiger partial charge < -0.3 is 11.5 Å². The number of aryl methyl sites for hydroxylation is 1. The molecule has 1 aromatic carbocycles. The summed E-state index contributed by atoms with van der Waals surface area (Å²) in [7, 11) is 0. The van der Waals surface area contributed by atoms with Crippen LogP contribution < -0.4 is 11.5 Å². The number of aromatic nitrogens is 3. The lowest BCUT2D eigenvalue weighted by Crippen LogP contribution is -2.23. The topological polar surface area (TPSA) is 95.1 Å². The van der Waals surface area contributed by atoms with E-state index in [0.717, 1.165) is 18.5 Å². The Bertz CT molecular complexity index is 753. The van der Waals surface area contributed by atoms with Gasteiger partial charge in [-0.15, -0.1) is 5.10 Å². The Hall–Kier alpha value is -2.37. The third-order valence-corrected chi connectivity index (χ3v) is 4.54. The molecule has 1 aromatic heterocycles. The van der Waals surface area contributed by atoms with Gasteiger partial charge in [-0.3, -0.25) is 4.99 Å². The summed E-state index contributed by atoms with van der Waals surface area (Å²) in [5, 5.41) is 8.56. The summed E-state index contributed by atoms with van der Waals surface area (Å²) >= 11 is 0. The average Bonchev–Trinajstić information content (AvgIpc) is 2.97. The van der Waals surface area contributed by atoms with Crippen LogP contribution in [-0.4, -0.2) is 27.5 Å². The summed E-state index contributed by atoms with van der Waals surface area (Å²) < 4.78 is 1.91. The van der Waals surface area contributed by atoms with E-state index >= 15 is 0 Å². The highest BCUT2D eigenvalue weighted by molar-refractivity contribution is 5.75. The van der Waals surface area contributed by atoms with Crippen molar-refractivity contribution in [3.63, 3.8) is 0 Å². The maximum Gasteiger partial charge on any atom is 0.185 e. The third kappa shape index (κ3) is 6.38. The van der Waals surface area contributed by atoms with Crippen LogP contribution in [0.4, 0.5) is 0 Å². The molecule has 0 fully saturated rings. The summed E-state index contributed by atoms with van der Waals surface area (Å²) in [5.41, 5.74) is 15.8. The monoisotopic (exact) mass is 370 g/mol. The van der Waals surface area contributed by atoms with Crippen molar-refractivity contribution in [3.05, 3.63) is 46.8 Å². The summed E-state index contributed by atoms with van der Waals surface area (Å²) in [5.74, 6) is 0.132. The number of aliphatic imine (C=N–C) groups is 1. The largest absolute Gasteiger partial charge is 0.370 e. The second-order valence-electron chi connectivity index (χ2n) is 9.24. The number of hydrogen-bond donors (Lipinski definition) is 2. The number of guanidine groups is 1. The summed E-state index contributed by atoms with van der Waals surface area (Å²) in [6.45, 7) is 14.8. The second kappa shape index (κ2) is 8.11. The van der Waals surface area contributed by atoms with E-state index in [0.29, 0.717) is 13.1 Å². The van der Waals surface area contributed by atoms with Gasteiger partial charge in [-0.1, -0.05) is 65.0 Å². The Labute approximate surface area is 163 Å². The minimum absolute atomic E-state index is 0.106. The Morgan fingerprint density at radius 1 is 1.00 bits per heavy atom. The first-order valence-electron chi connectivity index (χ1n) is 9.54. The van der Waals surface area contributed by atoms with Crippen LogP contribution in [0.2, 0.25) is 0 Å². The van der Waals surface area contributed by atoms with Gasteiger partial charge >= 0.3 is 0 Å². The van der Waals surface area contributed by atoms with Gasteiger partial charge in [0, 0.05) is 12.7 Å². The van der Waals surface area contributed by atoms with Crippen LogP contribution in [0.5, 0.6) is 0 Å². The van der Waals surface area contributed by atoms with Gasteiger partial charge in [0.1, 0.15) is 0 Å². The molecule has 0 saturated heterocycles. The molecule has 6 nitrogen and oxygen atoms in total. The van der Waals surface area contributed by atoms with E-state index in [1.165, 1.54) is 16.7 Å². The molecule has 1 heterocycles. The van der Waals surface area contributed by atoms with Gasteiger partial charge in [-0.05, 0) is 40.4 Å². The van der Waals surface area contributed by atoms with Gasteiger partial charge in [0.25, 0.3) is 0 Å². The quantitative estimate of drug-likeness (QED) is 0.464. The molecule has 27 heavy (non-hydrogen) atoms. The van der Waals surface area contributed by atoms with Crippen molar-refractivity contribution in [2.24, 2.45) is 16.5 Å². The molecule has 0 spiro atoms. The first-order valence-corrected chi connectivity index (χ1v) is 9.54. The lowest BCUT2D eigenvalue weighted by atomic mass is 9.79.